The van der Waals surface area contributed by atoms with Gasteiger partial charge in [-0.15, -0.1) is 0 Å². The van der Waals surface area contributed by atoms with Crippen molar-refractivity contribution < 1.29 is 0 Å². The van der Waals surface area contributed by atoms with Gasteiger partial charge in [-0.1, -0.05) is 27.7 Å². The third-order valence-electron chi connectivity index (χ3n) is 1.87. The van der Waals surface area contributed by atoms with Gasteiger partial charge in [0.05, 0.1) is 0 Å². The third-order valence-corrected chi connectivity index (χ3v) is 1.87. The molecule has 2 heteroatoms. The smallest absolute Gasteiger partial charge is 0.0273 e. The average molecular weight is 182 g/mol. The summed E-state index contributed by atoms with van der Waals surface area (Å²) in [6, 6.07) is 0. The fraction of sp³-hybridized carbons (Fsp3) is 0.818. The van der Waals surface area contributed by atoms with E-state index in [4.69, 9.17) is 0 Å². The van der Waals surface area contributed by atoms with Crippen LogP contribution in [0.2, 0.25) is 0 Å². The summed E-state index contributed by atoms with van der Waals surface area (Å²) in [7, 11) is 3.64. The number of nitrogens with zero attached hydrogens (tertiary/aromatic N) is 2. The Bertz CT molecular complexity index is 178. The lowest BCUT2D eigenvalue weighted by Crippen LogP contribution is -2.25. The van der Waals surface area contributed by atoms with Gasteiger partial charge >= 0.3 is 0 Å². The molecule has 0 radical (unpaired) electrons. The van der Waals surface area contributed by atoms with Crippen molar-refractivity contribution in [2.24, 2.45) is 20.8 Å². The highest BCUT2D eigenvalue weighted by molar-refractivity contribution is 5.69. The van der Waals surface area contributed by atoms with E-state index in [2.05, 4.69) is 37.7 Å². The molecule has 0 atom stereocenters. The van der Waals surface area contributed by atoms with Gasteiger partial charge in [0.15, 0.2) is 0 Å². The van der Waals surface area contributed by atoms with E-state index in [1.54, 1.807) is 0 Å². The molecule has 13 heavy (non-hydrogen) atoms. The SMILES string of the molecule is CN=CC(C)(C)CC(C)(C)C=NC. The van der Waals surface area contributed by atoms with Gasteiger partial charge in [-0.2, -0.15) is 0 Å². The first-order chi connectivity index (χ1) is 5.83. The third kappa shape index (κ3) is 5.56. The van der Waals surface area contributed by atoms with Crippen molar-refractivity contribution >= 4 is 12.4 Å². The fourth-order valence-electron chi connectivity index (χ4n) is 1.96. The van der Waals surface area contributed by atoms with Crippen LogP contribution in [0.4, 0.5) is 0 Å². The Morgan fingerprint density at radius 2 is 1.15 bits per heavy atom. The summed E-state index contributed by atoms with van der Waals surface area (Å²) in [5.41, 5.74) is 0.304. The molecule has 0 spiro atoms. The molecule has 0 N–H and O–H groups in total. The standard InChI is InChI=1S/C11H22N2/c1-10(2,8-12-5)7-11(3,4)9-13-6/h8-9H,7H2,1-6H3. The quantitative estimate of drug-likeness (QED) is 0.597. The van der Waals surface area contributed by atoms with Crippen molar-refractivity contribution in [1.29, 1.82) is 0 Å². The van der Waals surface area contributed by atoms with Crippen molar-refractivity contribution in [2.45, 2.75) is 34.1 Å². The van der Waals surface area contributed by atoms with Gasteiger partial charge in [-0.3, -0.25) is 0 Å². The van der Waals surface area contributed by atoms with Crippen LogP contribution in [0.25, 0.3) is 0 Å². The highest BCUT2D eigenvalue weighted by atomic mass is 14.7. The monoisotopic (exact) mass is 182 g/mol. The average Bonchev–Trinajstić information content (AvgIpc) is 1.82. The minimum atomic E-state index is 0.152. The molecule has 0 saturated heterocycles. The molecule has 2 nitrogen and oxygen atoms in total. The predicted octanol–water partition coefficient (Wildman–Crippen LogP) is 2.83. The summed E-state index contributed by atoms with van der Waals surface area (Å²) >= 11 is 0. The molecule has 0 unspecified atom stereocenters. The van der Waals surface area contributed by atoms with Crippen molar-refractivity contribution in [1.82, 2.24) is 0 Å². The van der Waals surface area contributed by atoms with Crippen LogP contribution >= 0.6 is 0 Å². The minimum Gasteiger partial charge on any atom is -0.300 e. The number of hydrogen-bond donors (Lipinski definition) is 0. The van der Waals surface area contributed by atoms with E-state index in [0.717, 1.165) is 6.42 Å². The summed E-state index contributed by atoms with van der Waals surface area (Å²) in [6.07, 6.45) is 5.09. The van der Waals surface area contributed by atoms with Gasteiger partial charge in [0.25, 0.3) is 0 Å². The topological polar surface area (TPSA) is 24.7 Å². The maximum Gasteiger partial charge on any atom is 0.0273 e. The van der Waals surface area contributed by atoms with E-state index < -0.39 is 0 Å². The predicted molar refractivity (Wildman–Crippen MR) is 61.0 cm³/mol. The van der Waals surface area contributed by atoms with Crippen molar-refractivity contribution in [3.8, 4) is 0 Å². The van der Waals surface area contributed by atoms with Gasteiger partial charge in [0.1, 0.15) is 0 Å². The Kier molecular flexibility index (Phi) is 4.31. The van der Waals surface area contributed by atoms with E-state index in [-0.39, 0.29) is 10.8 Å². The summed E-state index contributed by atoms with van der Waals surface area (Å²) in [4.78, 5) is 8.16. The zero-order chi connectivity index (χ0) is 10.5. The first kappa shape index (κ1) is 12.3. The fourth-order valence-corrected chi connectivity index (χ4v) is 1.96. The number of hydrogen-bond acceptors (Lipinski definition) is 2. The second-order valence-electron chi connectivity index (χ2n) is 4.93. The van der Waals surface area contributed by atoms with Gasteiger partial charge in [0.2, 0.25) is 0 Å². The van der Waals surface area contributed by atoms with Gasteiger partial charge < -0.3 is 9.98 Å². The van der Waals surface area contributed by atoms with Crippen LogP contribution in [0.5, 0.6) is 0 Å². The Morgan fingerprint density at radius 3 is 1.38 bits per heavy atom. The summed E-state index contributed by atoms with van der Waals surface area (Å²) in [6.45, 7) is 8.80. The van der Waals surface area contributed by atoms with Crippen LogP contribution in [0.15, 0.2) is 9.98 Å². The Labute approximate surface area is 82.2 Å². The van der Waals surface area contributed by atoms with Crippen LogP contribution < -0.4 is 0 Å². The van der Waals surface area contributed by atoms with Crippen molar-refractivity contribution in [2.75, 3.05) is 14.1 Å². The summed E-state index contributed by atoms with van der Waals surface area (Å²) in [5, 5.41) is 0. The molecule has 0 aromatic rings. The molecular weight excluding hydrogens is 160 g/mol. The van der Waals surface area contributed by atoms with Crippen LogP contribution in [-0.4, -0.2) is 26.5 Å². The maximum atomic E-state index is 4.08. The van der Waals surface area contributed by atoms with Gasteiger partial charge in [-0.25, -0.2) is 0 Å². The highest BCUT2D eigenvalue weighted by Gasteiger charge is 2.25. The van der Waals surface area contributed by atoms with E-state index in [1.807, 2.05) is 26.5 Å². The number of aliphatic imine (C=N–C) groups is 2. The molecule has 0 aliphatic rings. The molecule has 0 amide bonds. The van der Waals surface area contributed by atoms with Crippen LogP contribution in [0, 0.1) is 10.8 Å². The molecule has 0 aromatic carbocycles. The highest BCUT2D eigenvalue weighted by Crippen LogP contribution is 2.30. The normalized spacial score (nSPS) is 14.6. The lowest BCUT2D eigenvalue weighted by Gasteiger charge is -2.29. The van der Waals surface area contributed by atoms with Crippen LogP contribution in [0.3, 0.4) is 0 Å². The summed E-state index contributed by atoms with van der Waals surface area (Å²) in [5.74, 6) is 0. The van der Waals surface area contributed by atoms with Crippen molar-refractivity contribution in [3.05, 3.63) is 0 Å². The molecule has 0 aromatic heterocycles. The minimum absolute atomic E-state index is 0.152. The Balaban J connectivity index is 4.41. The molecule has 76 valence electrons. The van der Waals surface area contributed by atoms with E-state index >= 15 is 0 Å². The zero-order valence-electron chi connectivity index (χ0n) is 9.76. The van der Waals surface area contributed by atoms with E-state index in [9.17, 15) is 0 Å². The Hall–Kier alpha value is -0.660. The largest absolute Gasteiger partial charge is 0.300 e. The molecule has 0 fully saturated rings. The first-order valence-corrected chi connectivity index (χ1v) is 4.70. The molecular formula is C11H22N2. The Morgan fingerprint density at radius 1 is 0.846 bits per heavy atom. The lowest BCUT2D eigenvalue weighted by atomic mass is 9.76. The second kappa shape index (κ2) is 4.54. The molecule has 0 bridgehead atoms. The van der Waals surface area contributed by atoms with Crippen LogP contribution in [-0.2, 0) is 0 Å². The van der Waals surface area contributed by atoms with E-state index in [1.165, 1.54) is 0 Å². The molecule has 0 aliphatic carbocycles. The lowest BCUT2D eigenvalue weighted by molar-refractivity contribution is 0.349. The maximum absolute atomic E-state index is 4.08. The van der Waals surface area contributed by atoms with Crippen LogP contribution in [0.1, 0.15) is 34.1 Å². The molecule has 0 heterocycles. The molecule has 0 aliphatic heterocycles. The first-order valence-electron chi connectivity index (χ1n) is 4.70. The summed E-state index contributed by atoms with van der Waals surface area (Å²) < 4.78 is 0. The number of rotatable bonds is 4. The van der Waals surface area contributed by atoms with Gasteiger partial charge in [0, 0.05) is 37.4 Å². The van der Waals surface area contributed by atoms with Crippen molar-refractivity contribution in [3.63, 3.8) is 0 Å². The molecule has 0 saturated carbocycles. The van der Waals surface area contributed by atoms with E-state index in [0.29, 0.717) is 0 Å². The molecule has 0 rings (SSSR count). The van der Waals surface area contributed by atoms with Gasteiger partial charge in [-0.05, 0) is 6.42 Å². The zero-order valence-corrected chi connectivity index (χ0v) is 9.76. The second-order valence-corrected chi connectivity index (χ2v) is 4.93.